The number of aromatic nitrogens is 1. The molecule has 0 unspecified atom stereocenters. The molecule has 0 radical (unpaired) electrons. The van der Waals surface area contributed by atoms with Crippen LogP contribution >= 0.6 is 0 Å². The lowest BCUT2D eigenvalue weighted by molar-refractivity contribution is 0.574. The summed E-state index contributed by atoms with van der Waals surface area (Å²) in [6, 6.07) is 10.2. The van der Waals surface area contributed by atoms with Gasteiger partial charge in [-0.2, -0.15) is 0 Å². The van der Waals surface area contributed by atoms with Crippen molar-refractivity contribution in [3.05, 3.63) is 40.7 Å². The minimum Gasteiger partial charge on any atom is -0.367 e. The van der Waals surface area contributed by atoms with Gasteiger partial charge in [-0.05, 0) is 25.0 Å². The van der Waals surface area contributed by atoms with E-state index in [-0.39, 0.29) is 5.56 Å². The fourth-order valence-corrected chi connectivity index (χ4v) is 3.89. The zero-order valence-corrected chi connectivity index (χ0v) is 18.1. The second-order valence-electron chi connectivity index (χ2n) is 8.09. The molecule has 3 heteroatoms. The predicted molar refractivity (Wildman–Crippen MR) is 124 cm³/mol. The summed E-state index contributed by atoms with van der Waals surface area (Å²) in [7, 11) is 0. The minimum atomic E-state index is 0.0515. The predicted octanol–water partition coefficient (Wildman–Crippen LogP) is 7.06. The molecule has 0 amide bonds. The first-order valence-corrected chi connectivity index (χ1v) is 11.6. The average molecular weight is 385 g/mol. The van der Waals surface area contributed by atoms with Gasteiger partial charge < -0.3 is 9.88 Å². The number of anilines is 1. The summed E-state index contributed by atoms with van der Waals surface area (Å²) in [6.45, 7) is 6.49. The van der Waals surface area contributed by atoms with E-state index in [0.29, 0.717) is 0 Å². The van der Waals surface area contributed by atoms with Crippen LogP contribution in [-0.4, -0.2) is 18.1 Å². The van der Waals surface area contributed by atoms with Crippen LogP contribution in [0.25, 0.3) is 10.9 Å². The standard InChI is InChI=1S/C25H40N2O/c1-3-5-7-9-11-15-19-27(20-16-12-10-8-6-4-2)24-21-22-17-13-14-18-23(22)26-25(24)28/h13-14,17-18,21H,3-12,15-16,19-20H2,1-2H3,(H,26,28). The van der Waals surface area contributed by atoms with Crippen molar-refractivity contribution < 1.29 is 0 Å². The van der Waals surface area contributed by atoms with E-state index in [1.165, 1.54) is 77.0 Å². The summed E-state index contributed by atoms with van der Waals surface area (Å²) in [5.74, 6) is 0. The number of nitrogens with zero attached hydrogens (tertiary/aromatic N) is 1. The molecule has 0 spiro atoms. The normalized spacial score (nSPS) is 11.2. The van der Waals surface area contributed by atoms with Gasteiger partial charge in [0.2, 0.25) is 0 Å². The summed E-state index contributed by atoms with van der Waals surface area (Å²) in [5, 5.41) is 1.12. The van der Waals surface area contributed by atoms with Crippen LogP contribution in [0.2, 0.25) is 0 Å². The highest BCUT2D eigenvalue weighted by atomic mass is 16.1. The lowest BCUT2D eigenvalue weighted by Crippen LogP contribution is -2.31. The zero-order valence-electron chi connectivity index (χ0n) is 18.1. The maximum absolute atomic E-state index is 12.7. The topological polar surface area (TPSA) is 36.1 Å². The molecule has 0 atom stereocenters. The highest BCUT2D eigenvalue weighted by molar-refractivity contribution is 5.81. The number of hydrogen-bond acceptors (Lipinski definition) is 2. The Kier molecular flexibility index (Phi) is 10.8. The first-order valence-electron chi connectivity index (χ1n) is 11.6. The Labute approximate surface area is 171 Å². The van der Waals surface area contributed by atoms with Gasteiger partial charge in [0.05, 0.1) is 0 Å². The first kappa shape index (κ1) is 22.5. The van der Waals surface area contributed by atoms with Crippen molar-refractivity contribution in [1.29, 1.82) is 0 Å². The number of benzene rings is 1. The molecule has 1 aromatic heterocycles. The number of H-pyrrole nitrogens is 1. The summed E-state index contributed by atoms with van der Waals surface area (Å²) in [4.78, 5) is 18.1. The van der Waals surface area contributed by atoms with Crippen molar-refractivity contribution in [2.75, 3.05) is 18.0 Å². The molecule has 0 saturated carbocycles. The van der Waals surface area contributed by atoms with Crippen LogP contribution in [0.15, 0.2) is 35.1 Å². The molecule has 0 aliphatic carbocycles. The van der Waals surface area contributed by atoms with Crippen molar-refractivity contribution in [3.8, 4) is 0 Å². The molecule has 28 heavy (non-hydrogen) atoms. The quantitative estimate of drug-likeness (QED) is 0.334. The maximum atomic E-state index is 12.7. The maximum Gasteiger partial charge on any atom is 0.271 e. The zero-order chi connectivity index (χ0) is 20.0. The summed E-state index contributed by atoms with van der Waals surface area (Å²) in [6.07, 6.45) is 15.4. The smallest absolute Gasteiger partial charge is 0.271 e. The molecule has 0 fully saturated rings. The van der Waals surface area contributed by atoms with Crippen LogP contribution in [0.1, 0.15) is 90.9 Å². The summed E-state index contributed by atoms with van der Waals surface area (Å²) < 4.78 is 0. The molecule has 2 rings (SSSR count). The molecule has 3 nitrogen and oxygen atoms in total. The van der Waals surface area contributed by atoms with Gasteiger partial charge in [-0.25, -0.2) is 0 Å². The number of para-hydroxylation sites is 1. The lowest BCUT2D eigenvalue weighted by Gasteiger charge is -2.24. The van der Waals surface area contributed by atoms with Gasteiger partial charge in [-0.1, -0.05) is 96.3 Å². The van der Waals surface area contributed by atoms with Crippen molar-refractivity contribution in [3.63, 3.8) is 0 Å². The fourth-order valence-electron chi connectivity index (χ4n) is 3.89. The number of pyridine rings is 1. The van der Waals surface area contributed by atoms with Crippen LogP contribution in [0.4, 0.5) is 5.69 Å². The van der Waals surface area contributed by atoms with Crippen LogP contribution in [0.5, 0.6) is 0 Å². The Morgan fingerprint density at radius 1 is 0.750 bits per heavy atom. The minimum absolute atomic E-state index is 0.0515. The molecule has 1 heterocycles. The molecule has 0 aliphatic rings. The van der Waals surface area contributed by atoms with Gasteiger partial charge in [0.1, 0.15) is 5.69 Å². The number of hydrogen-bond donors (Lipinski definition) is 1. The van der Waals surface area contributed by atoms with E-state index in [2.05, 4.69) is 35.9 Å². The van der Waals surface area contributed by atoms with E-state index in [9.17, 15) is 4.79 Å². The van der Waals surface area contributed by atoms with E-state index in [4.69, 9.17) is 0 Å². The molecule has 0 aliphatic heterocycles. The Bertz CT molecular complexity index is 706. The van der Waals surface area contributed by atoms with Crippen molar-refractivity contribution in [2.45, 2.75) is 90.9 Å². The second kappa shape index (κ2) is 13.4. The third-order valence-electron chi connectivity index (χ3n) is 5.64. The van der Waals surface area contributed by atoms with E-state index in [1.807, 2.05) is 18.2 Å². The molecule has 0 saturated heterocycles. The summed E-state index contributed by atoms with van der Waals surface area (Å²) >= 11 is 0. The van der Waals surface area contributed by atoms with Crippen LogP contribution in [0, 0.1) is 0 Å². The molecule has 1 aromatic carbocycles. The number of aromatic amines is 1. The SMILES string of the molecule is CCCCCCCCN(CCCCCCCC)c1cc2ccccc2[nH]c1=O. The van der Waals surface area contributed by atoms with Crippen molar-refractivity contribution in [1.82, 2.24) is 4.98 Å². The number of rotatable bonds is 15. The molecular weight excluding hydrogens is 344 g/mol. The van der Waals surface area contributed by atoms with Crippen LogP contribution in [0.3, 0.4) is 0 Å². The molecule has 0 bridgehead atoms. The Hall–Kier alpha value is -1.77. The molecule has 2 aromatic rings. The number of unbranched alkanes of at least 4 members (excludes halogenated alkanes) is 10. The van der Waals surface area contributed by atoms with Crippen LogP contribution < -0.4 is 10.5 Å². The number of nitrogens with one attached hydrogen (secondary N) is 1. The molecular formula is C25H40N2O. The lowest BCUT2D eigenvalue weighted by atomic mass is 10.1. The van der Waals surface area contributed by atoms with Gasteiger partial charge in [0.25, 0.3) is 5.56 Å². The van der Waals surface area contributed by atoms with Crippen molar-refractivity contribution >= 4 is 16.6 Å². The van der Waals surface area contributed by atoms with Gasteiger partial charge in [-0.3, -0.25) is 4.79 Å². The van der Waals surface area contributed by atoms with E-state index in [0.717, 1.165) is 29.7 Å². The molecule has 1 N–H and O–H groups in total. The van der Waals surface area contributed by atoms with Crippen molar-refractivity contribution in [2.24, 2.45) is 0 Å². The Balaban J connectivity index is 1.98. The third-order valence-corrected chi connectivity index (χ3v) is 5.64. The highest BCUT2D eigenvalue weighted by Crippen LogP contribution is 2.18. The van der Waals surface area contributed by atoms with Gasteiger partial charge in [-0.15, -0.1) is 0 Å². The fraction of sp³-hybridized carbons (Fsp3) is 0.640. The van der Waals surface area contributed by atoms with Gasteiger partial charge >= 0.3 is 0 Å². The monoisotopic (exact) mass is 384 g/mol. The first-order chi connectivity index (χ1) is 13.8. The third kappa shape index (κ3) is 7.69. The van der Waals surface area contributed by atoms with E-state index in [1.54, 1.807) is 0 Å². The highest BCUT2D eigenvalue weighted by Gasteiger charge is 2.11. The number of fused-ring (bicyclic) bond motifs is 1. The average Bonchev–Trinajstić information content (AvgIpc) is 2.71. The van der Waals surface area contributed by atoms with Gasteiger partial charge in [0.15, 0.2) is 0 Å². The van der Waals surface area contributed by atoms with E-state index < -0.39 is 0 Å². The molecule has 156 valence electrons. The largest absolute Gasteiger partial charge is 0.367 e. The second-order valence-corrected chi connectivity index (χ2v) is 8.09. The van der Waals surface area contributed by atoms with Gasteiger partial charge in [0, 0.05) is 24.0 Å². The van der Waals surface area contributed by atoms with Crippen LogP contribution in [-0.2, 0) is 0 Å². The Morgan fingerprint density at radius 2 is 1.29 bits per heavy atom. The van der Waals surface area contributed by atoms with E-state index >= 15 is 0 Å². The summed E-state index contributed by atoms with van der Waals surface area (Å²) in [5.41, 5.74) is 1.83. The Morgan fingerprint density at radius 3 is 1.89 bits per heavy atom.